The van der Waals surface area contributed by atoms with Crippen LogP contribution in [0.15, 0.2) is 36.9 Å². The first-order valence-corrected chi connectivity index (χ1v) is 6.97. The zero-order chi connectivity index (χ0) is 13.7. The van der Waals surface area contributed by atoms with Crippen LogP contribution in [-0.4, -0.2) is 18.0 Å². The van der Waals surface area contributed by atoms with Gasteiger partial charge < -0.3 is 10.6 Å². The van der Waals surface area contributed by atoms with Gasteiger partial charge in [0, 0.05) is 23.3 Å². The van der Waals surface area contributed by atoms with Gasteiger partial charge in [-0.1, -0.05) is 6.08 Å². The van der Waals surface area contributed by atoms with Crippen molar-refractivity contribution in [2.24, 2.45) is 0 Å². The van der Waals surface area contributed by atoms with Gasteiger partial charge in [0.2, 0.25) is 0 Å². The van der Waals surface area contributed by atoms with Crippen molar-refractivity contribution in [1.29, 1.82) is 0 Å². The Morgan fingerprint density at radius 2 is 2.11 bits per heavy atom. The van der Waals surface area contributed by atoms with Gasteiger partial charge in [0.1, 0.15) is 0 Å². The summed E-state index contributed by atoms with van der Waals surface area (Å²) in [6.45, 7) is 5.88. The van der Waals surface area contributed by atoms with E-state index in [0.29, 0.717) is 12.1 Å². The van der Waals surface area contributed by atoms with E-state index in [-0.39, 0.29) is 5.91 Å². The van der Waals surface area contributed by atoms with E-state index < -0.39 is 0 Å². The van der Waals surface area contributed by atoms with Crippen LogP contribution in [0.1, 0.15) is 43.0 Å². The number of hydrogen-bond donors (Lipinski definition) is 2. The van der Waals surface area contributed by atoms with Gasteiger partial charge in [-0.3, -0.25) is 4.79 Å². The van der Waals surface area contributed by atoms with E-state index in [9.17, 15) is 4.79 Å². The number of nitrogens with one attached hydrogen (secondary N) is 2. The smallest absolute Gasteiger partial charge is 0.251 e. The van der Waals surface area contributed by atoms with Crippen LogP contribution in [0.5, 0.6) is 0 Å². The SMILES string of the molecule is C=CCCC(C)Nc1ccc(C(=O)NC2CC2)cc1. The molecule has 1 saturated carbocycles. The topological polar surface area (TPSA) is 41.1 Å². The Balaban J connectivity index is 1.86. The lowest BCUT2D eigenvalue weighted by molar-refractivity contribution is 0.0951. The van der Waals surface area contributed by atoms with E-state index in [1.165, 1.54) is 0 Å². The molecular formula is C16H22N2O. The lowest BCUT2D eigenvalue weighted by atomic mass is 10.1. The molecule has 1 aliphatic rings. The Kier molecular flexibility index (Phi) is 4.61. The maximum absolute atomic E-state index is 11.8. The molecule has 19 heavy (non-hydrogen) atoms. The molecule has 1 unspecified atom stereocenters. The number of carbonyl (C=O) groups excluding carboxylic acids is 1. The predicted molar refractivity (Wildman–Crippen MR) is 79.4 cm³/mol. The average molecular weight is 258 g/mol. The average Bonchev–Trinajstić information content (AvgIpc) is 3.21. The normalized spacial score (nSPS) is 15.6. The van der Waals surface area contributed by atoms with E-state index in [4.69, 9.17) is 0 Å². The molecule has 1 aromatic rings. The second-order valence-electron chi connectivity index (χ2n) is 5.24. The number of carbonyl (C=O) groups is 1. The lowest BCUT2D eigenvalue weighted by Gasteiger charge is -2.14. The molecule has 2 N–H and O–H groups in total. The molecule has 0 radical (unpaired) electrons. The summed E-state index contributed by atoms with van der Waals surface area (Å²) in [5.41, 5.74) is 1.79. The Bertz CT molecular complexity index is 435. The molecule has 0 heterocycles. The minimum atomic E-state index is 0.0359. The van der Waals surface area contributed by atoms with E-state index >= 15 is 0 Å². The summed E-state index contributed by atoms with van der Waals surface area (Å²) >= 11 is 0. The number of hydrogen-bond acceptors (Lipinski definition) is 2. The first-order chi connectivity index (χ1) is 9.19. The molecule has 0 saturated heterocycles. The molecule has 1 aromatic carbocycles. The molecular weight excluding hydrogens is 236 g/mol. The van der Waals surface area contributed by atoms with Crippen molar-refractivity contribution in [2.45, 2.75) is 44.7 Å². The number of benzene rings is 1. The second-order valence-corrected chi connectivity index (χ2v) is 5.24. The van der Waals surface area contributed by atoms with Gasteiger partial charge in [0.05, 0.1) is 0 Å². The van der Waals surface area contributed by atoms with Crippen molar-refractivity contribution in [1.82, 2.24) is 5.32 Å². The monoisotopic (exact) mass is 258 g/mol. The van der Waals surface area contributed by atoms with E-state index in [0.717, 1.165) is 36.9 Å². The zero-order valence-electron chi connectivity index (χ0n) is 11.5. The Morgan fingerprint density at radius 1 is 1.42 bits per heavy atom. The standard InChI is InChI=1S/C16H22N2O/c1-3-4-5-12(2)17-14-8-6-13(7-9-14)16(19)18-15-10-11-15/h3,6-9,12,15,17H,1,4-5,10-11H2,2H3,(H,18,19). The van der Waals surface area contributed by atoms with E-state index in [1.54, 1.807) is 0 Å². The van der Waals surface area contributed by atoms with Crippen molar-refractivity contribution in [3.63, 3.8) is 0 Å². The third-order valence-electron chi connectivity index (χ3n) is 3.28. The summed E-state index contributed by atoms with van der Waals surface area (Å²) in [5.74, 6) is 0.0359. The van der Waals surface area contributed by atoms with Crippen LogP contribution in [0.2, 0.25) is 0 Å². The molecule has 1 amide bonds. The number of allylic oxidation sites excluding steroid dienone is 1. The second kappa shape index (κ2) is 6.41. The summed E-state index contributed by atoms with van der Waals surface area (Å²) in [6, 6.07) is 8.49. The molecule has 1 aliphatic carbocycles. The third kappa shape index (κ3) is 4.43. The predicted octanol–water partition coefficient (Wildman–Crippen LogP) is 3.35. The van der Waals surface area contributed by atoms with Gasteiger partial charge in [-0.15, -0.1) is 6.58 Å². The van der Waals surface area contributed by atoms with Crippen LogP contribution in [0.3, 0.4) is 0 Å². The molecule has 2 rings (SSSR count). The van der Waals surface area contributed by atoms with Crippen molar-refractivity contribution in [3.8, 4) is 0 Å². The zero-order valence-corrected chi connectivity index (χ0v) is 11.5. The summed E-state index contributed by atoms with van der Waals surface area (Å²) < 4.78 is 0. The molecule has 102 valence electrons. The van der Waals surface area contributed by atoms with Crippen LogP contribution in [0, 0.1) is 0 Å². The van der Waals surface area contributed by atoms with E-state index in [1.807, 2.05) is 30.3 Å². The van der Waals surface area contributed by atoms with Crippen LogP contribution < -0.4 is 10.6 Å². The van der Waals surface area contributed by atoms with Crippen molar-refractivity contribution >= 4 is 11.6 Å². The molecule has 0 aromatic heterocycles. The van der Waals surface area contributed by atoms with Gasteiger partial charge in [0.25, 0.3) is 5.91 Å². The van der Waals surface area contributed by atoms with Crippen molar-refractivity contribution in [3.05, 3.63) is 42.5 Å². The minimum Gasteiger partial charge on any atom is -0.383 e. The summed E-state index contributed by atoms with van der Waals surface area (Å²) in [6.07, 6.45) is 6.24. The molecule has 3 nitrogen and oxygen atoms in total. The Hall–Kier alpha value is -1.77. The lowest BCUT2D eigenvalue weighted by Crippen LogP contribution is -2.25. The number of rotatable bonds is 7. The van der Waals surface area contributed by atoms with Crippen molar-refractivity contribution in [2.75, 3.05) is 5.32 Å². The third-order valence-corrected chi connectivity index (χ3v) is 3.28. The highest BCUT2D eigenvalue weighted by atomic mass is 16.1. The first kappa shape index (κ1) is 13.7. The molecule has 0 spiro atoms. The van der Waals surface area contributed by atoms with E-state index in [2.05, 4.69) is 24.1 Å². The largest absolute Gasteiger partial charge is 0.383 e. The Labute approximate surface area is 115 Å². The molecule has 1 fully saturated rings. The fourth-order valence-electron chi connectivity index (χ4n) is 1.94. The van der Waals surface area contributed by atoms with Gasteiger partial charge in [-0.2, -0.15) is 0 Å². The summed E-state index contributed by atoms with van der Waals surface area (Å²) in [5, 5.41) is 6.40. The van der Waals surface area contributed by atoms with Crippen LogP contribution in [-0.2, 0) is 0 Å². The highest BCUT2D eigenvalue weighted by Crippen LogP contribution is 2.20. The fourth-order valence-corrected chi connectivity index (χ4v) is 1.94. The molecule has 0 bridgehead atoms. The van der Waals surface area contributed by atoms with Gasteiger partial charge in [0.15, 0.2) is 0 Å². The summed E-state index contributed by atoms with van der Waals surface area (Å²) in [4.78, 5) is 11.8. The maximum Gasteiger partial charge on any atom is 0.251 e. The van der Waals surface area contributed by atoms with Crippen molar-refractivity contribution < 1.29 is 4.79 Å². The van der Waals surface area contributed by atoms with Gasteiger partial charge in [-0.05, 0) is 56.9 Å². The first-order valence-electron chi connectivity index (χ1n) is 6.97. The highest BCUT2D eigenvalue weighted by molar-refractivity contribution is 5.94. The van der Waals surface area contributed by atoms with Gasteiger partial charge in [-0.25, -0.2) is 0 Å². The van der Waals surface area contributed by atoms with Crippen LogP contribution in [0.4, 0.5) is 5.69 Å². The molecule has 3 heteroatoms. The number of amides is 1. The fraction of sp³-hybridized carbons (Fsp3) is 0.438. The highest BCUT2D eigenvalue weighted by Gasteiger charge is 2.23. The molecule has 1 atom stereocenters. The van der Waals surface area contributed by atoms with Crippen LogP contribution >= 0.6 is 0 Å². The van der Waals surface area contributed by atoms with Gasteiger partial charge >= 0.3 is 0 Å². The quantitative estimate of drug-likeness (QED) is 0.736. The molecule has 0 aliphatic heterocycles. The Morgan fingerprint density at radius 3 is 2.68 bits per heavy atom. The summed E-state index contributed by atoms with van der Waals surface area (Å²) in [7, 11) is 0. The minimum absolute atomic E-state index is 0.0359. The maximum atomic E-state index is 11.8. The van der Waals surface area contributed by atoms with Crippen LogP contribution in [0.25, 0.3) is 0 Å². The number of anilines is 1.